The molecular weight excluding hydrogens is 997 g/mol. The zero-order valence-electron chi connectivity index (χ0n) is 53.8. The summed E-state index contributed by atoms with van der Waals surface area (Å²) < 4.78 is 17.0. The van der Waals surface area contributed by atoms with Gasteiger partial charge in [0.2, 0.25) is 0 Å². The van der Waals surface area contributed by atoms with Crippen LogP contribution in [-0.4, -0.2) is 37.2 Å². The number of unbranched alkanes of at least 4 members (excludes halogenated alkanes) is 39. The predicted octanol–water partition coefficient (Wildman–Crippen LogP) is 24.2. The maximum atomic E-state index is 12.9. The van der Waals surface area contributed by atoms with E-state index in [4.69, 9.17) is 14.2 Å². The van der Waals surface area contributed by atoms with Gasteiger partial charge in [-0.2, -0.15) is 0 Å². The van der Waals surface area contributed by atoms with Crippen LogP contribution in [0.4, 0.5) is 0 Å². The van der Waals surface area contributed by atoms with Crippen molar-refractivity contribution in [3.05, 3.63) is 85.1 Å². The molecule has 0 spiro atoms. The molecule has 0 bridgehead atoms. The number of hydrogen-bond donors (Lipinski definition) is 0. The third kappa shape index (κ3) is 67.3. The normalized spacial score (nSPS) is 12.6. The Morgan fingerprint density at radius 1 is 0.259 bits per heavy atom. The summed E-state index contributed by atoms with van der Waals surface area (Å²) in [4.78, 5) is 38.4. The largest absolute Gasteiger partial charge is 0.462 e. The van der Waals surface area contributed by atoms with E-state index in [-0.39, 0.29) is 31.1 Å². The van der Waals surface area contributed by atoms with Crippen LogP contribution >= 0.6 is 0 Å². The fourth-order valence-electron chi connectivity index (χ4n) is 10.2. The van der Waals surface area contributed by atoms with Gasteiger partial charge in [0.25, 0.3) is 0 Å². The fraction of sp³-hybridized carbons (Fsp3) is 0.773. The van der Waals surface area contributed by atoms with Crippen LogP contribution in [0.1, 0.15) is 355 Å². The molecule has 0 heterocycles. The lowest BCUT2D eigenvalue weighted by Crippen LogP contribution is -2.30. The Balaban J connectivity index is 4.26. The molecule has 81 heavy (non-hydrogen) atoms. The van der Waals surface area contributed by atoms with E-state index in [1.54, 1.807) is 0 Å². The van der Waals surface area contributed by atoms with Gasteiger partial charge in [-0.25, -0.2) is 0 Å². The SMILES string of the molecule is CC/C=C\C/C=C\C/C=C\C/C=C\C/C=C\C/C=C\C/C=C\CCCCCCCCCCCC(=O)OCC(COC(=O)CCCCCCCCCCCCCCC)OC(=O)CCCCCCCCCCCCCCCCCCCCC. The minimum atomic E-state index is -0.776. The number of carbonyl (C=O) groups is 3. The van der Waals surface area contributed by atoms with Crippen molar-refractivity contribution in [2.45, 2.75) is 361 Å². The van der Waals surface area contributed by atoms with Gasteiger partial charge in [0.1, 0.15) is 13.2 Å². The molecule has 468 valence electrons. The number of carbonyl (C=O) groups excluding carboxylic acids is 3. The summed E-state index contributed by atoms with van der Waals surface area (Å²) in [6.45, 7) is 6.57. The van der Waals surface area contributed by atoms with E-state index in [2.05, 4.69) is 106 Å². The maximum Gasteiger partial charge on any atom is 0.306 e. The van der Waals surface area contributed by atoms with Gasteiger partial charge < -0.3 is 14.2 Å². The van der Waals surface area contributed by atoms with Crippen LogP contribution in [0.25, 0.3) is 0 Å². The van der Waals surface area contributed by atoms with Crippen LogP contribution in [0.3, 0.4) is 0 Å². The molecule has 0 saturated heterocycles. The zero-order valence-corrected chi connectivity index (χ0v) is 53.8. The highest BCUT2D eigenvalue weighted by atomic mass is 16.6. The minimum absolute atomic E-state index is 0.0722. The second-order valence-corrected chi connectivity index (χ2v) is 23.4. The first-order valence-corrected chi connectivity index (χ1v) is 35.1. The van der Waals surface area contributed by atoms with Gasteiger partial charge in [-0.15, -0.1) is 0 Å². The number of rotatable bonds is 64. The molecule has 1 unspecified atom stereocenters. The Labute approximate surface area is 503 Å². The van der Waals surface area contributed by atoms with Crippen molar-refractivity contribution in [2.75, 3.05) is 13.2 Å². The second-order valence-electron chi connectivity index (χ2n) is 23.4. The first-order chi connectivity index (χ1) is 40.0. The summed E-state index contributed by atoms with van der Waals surface area (Å²) in [5.41, 5.74) is 0. The Bertz CT molecular complexity index is 1530. The van der Waals surface area contributed by atoms with E-state index in [9.17, 15) is 14.4 Å². The standard InChI is InChI=1S/C75H132O6/c1-4-7-10-13-16-19-22-25-27-29-31-32-33-34-35-36-37-38-39-40-41-42-44-45-47-50-53-56-59-62-65-68-74(77)80-71-72(70-79-73(76)67-64-61-58-55-52-49-24-21-18-15-12-9-6-3)81-75(78)69-66-63-60-57-54-51-48-46-43-30-28-26-23-20-17-14-11-8-5-2/h7,10,16,19,25,27,31-32,34-35,37-38,40-41,72H,4-6,8-9,11-15,17-18,20-24,26,28-30,33,36,39,42-71H2,1-3H3/b10-7-,19-16-,27-25-,32-31-,35-34-,38-37-,41-40-. The van der Waals surface area contributed by atoms with Crippen LogP contribution in [0.2, 0.25) is 0 Å². The molecule has 6 nitrogen and oxygen atoms in total. The van der Waals surface area contributed by atoms with Crippen molar-refractivity contribution in [1.29, 1.82) is 0 Å². The van der Waals surface area contributed by atoms with Gasteiger partial charge in [0.15, 0.2) is 6.10 Å². The summed E-state index contributed by atoms with van der Waals surface area (Å²) in [5, 5.41) is 0. The third-order valence-electron chi connectivity index (χ3n) is 15.4. The molecule has 0 aliphatic heterocycles. The van der Waals surface area contributed by atoms with Crippen molar-refractivity contribution in [1.82, 2.24) is 0 Å². The monoisotopic (exact) mass is 1130 g/mol. The lowest BCUT2D eigenvalue weighted by molar-refractivity contribution is -0.167. The van der Waals surface area contributed by atoms with Gasteiger partial charge in [0.05, 0.1) is 0 Å². The molecule has 0 aromatic carbocycles. The molecule has 0 rings (SSSR count). The molecule has 0 saturated carbocycles. The van der Waals surface area contributed by atoms with E-state index < -0.39 is 6.10 Å². The van der Waals surface area contributed by atoms with Gasteiger partial charge >= 0.3 is 17.9 Å². The lowest BCUT2D eigenvalue weighted by atomic mass is 10.0. The molecule has 0 aliphatic carbocycles. The molecular formula is C75H132O6. The highest BCUT2D eigenvalue weighted by molar-refractivity contribution is 5.71. The summed E-state index contributed by atoms with van der Waals surface area (Å²) in [6.07, 6.45) is 91.7. The topological polar surface area (TPSA) is 78.9 Å². The van der Waals surface area contributed by atoms with Gasteiger partial charge in [0, 0.05) is 19.3 Å². The van der Waals surface area contributed by atoms with Gasteiger partial charge in [-0.05, 0) is 77.0 Å². The Morgan fingerprint density at radius 2 is 0.481 bits per heavy atom. The van der Waals surface area contributed by atoms with E-state index >= 15 is 0 Å². The second kappa shape index (κ2) is 69.1. The average Bonchev–Trinajstić information content (AvgIpc) is 3.46. The highest BCUT2D eigenvalue weighted by Crippen LogP contribution is 2.18. The van der Waals surface area contributed by atoms with Crippen LogP contribution in [0.5, 0.6) is 0 Å². The molecule has 0 aromatic heterocycles. The first kappa shape index (κ1) is 77.6. The van der Waals surface area contributed by atoms with E-state index in [0.717, 1.165) is 109 Å². The lowest BCUT2D eigenvalue weighted by Gasteiger charge is -2.18. The zero-order chi connectivity index (χ0) is 58.5. The van der Waals surface area contributed by atoms with Crippen molar-refractivity contribution in [3.8, 4) is 0 Å². The number of esters is 3. The van der Waals surface area contributed by atoms with E-state index in [1.165, 1.54) is 205 Å². The third-order valence-corrected chi connectivity index (χ3v) is 15.4. The number of allylic oxidation sites excluding steroid dienone is 14. The maximum absolute atomic E-state index is 12.9. The Kier molecular flexibility index (Phi) is 66.2. The van der Waals surface area contributed by atoms with Crippen molar-refractivity contribution in [2.24, 2.45) is 0 Å². The predicted molar refractivity (Wildman–Crippen MR) is 353 cm³/mol. The van der Waals surface area contributed by atoms with Gasteiger partial charge in [-0.3, -0.25) is 14.4 Å². The molecule has 0 aromatic rings. The average molecular weight is 1130 g/mol. The molecule has 0 aliphatic rings. The minimum Gasteiger partial charge on any atom is -0.462 e. The van der Waals surface area contributed by atoms with Crippen molar-refractivity contribution in [3.63, 3.8) is 0 Å². The summed E-state index contributed by atoms with van der Waals surface area (Å²) >= 11 is 0. The number of ether oxygens (including phenoxy) is 3. The molecule has 6 heteroatoms. The summed E-state index contributed by atoms with van der Waals surface area (Å²) in [5.74, 6) is -0.857. The number of hydrogen-bond acceptors (Lipinski definition) is 6. The van der Waals surface area contributed by atoms with Crippen LogP contribution in [0.15, 0.2) is 85.1 Å². The summed E-state index contributed by atoms with van der Waals surface area (Å²) in [6, 6.07) is 0. The quantitative estimate of drug-likeness (QED) is 0.0261. The molecule has 0 fully saturated rings. The molecule has 1 atom stereocenters. The van der Waals surface area contributed by atoms with Crippen LogP contribution in [0, 0.1) is 0 Å². The summed E-state index contributed by atoms with van der Waals surface area (Å²) in [7, 11) is 0. The van der Waals surface area contributed by atoms with Crippen LogP contribution < -0.4 is 0 Å². The van der Waals surface area contributed by atoms with E-state index in [0.29, 0.717) is 19.3 Å². The smallest absolute Gasteiger partial charge is 0.306 e. The first-order valence-electron chi connectivity index (χ1n) is 35.1. The molecule has 0 N–H and O–H groups in total. The van der Waals surface area contributed by atoms with E-state index in [1.807, 2.05) is 0 Å². The fourth-order valence-corrected chi connectivity index (χ4v) is 10.2. The van der Waals surface area contributed by atoms with Crippen LogP contribution in [-0.2, 0) is 28.6 Å². The Hall–Kier alpha value is -3.41. The van der Waals surface area contributed by atoms with Crippen molar-refractivity contribution < 1.29 is 28.6 Å². The molecule has 0 amide bonds. The van der Waals surface area contributed by atoms with Gasteiger partial charge in [-0.1, -0.05) is 343 Å². The highest BCUT2D eigenvalue weighted by Gasteiger charge is 2.19. The van der Waals surface area contributed by atoms with Crippen molar-refractivity contribution >= 4 is 17.9 Å². The Morgan fingerprint density at radius 3 is 0.753 bits per heavy atom. The molecule has 0 radical (unpaired) electrons.